The molecule has 0 saturated heterocycles. The van der Waals surface area contributed by atoms with Crippen LogP contribution in [0.1, 0.15) is 53.6 Å². The zero-order chi connectivity index (χ0) is 17.1. The molecule has 0 aliphatic carbocycles. The van der Waals surface area contributed by atoms with Crippen LogP contribution < -0.4 is 5.32 Å². The number of carbonyl (C=O) groups excluding carboxylic acids is 1. The van der Waals surface area contributed by atoms with E-state index in [1.807, 2.05) is 13.8 Å². The van der Waals surface area contributed by atoms with Crippen molar-refractivity contribution >= 4 is 28.3 Å². The molecular weight excluding hydrogens is 296 g/mol. The summed E-state index contributed by atoms with van der Waals surface area (Å²) in [4.78, 5) is 27.3. The third-order valence-corrected chi connectivity index (χ3v) is 3.64. The third kappa shape index (κ3) is 3.11. The molecule has 122 valence electrons. The van der Waals surface area contributed by atoms with E-state index in [2.05, 4.69) is 10.3 Å². The Labute approximate surface area is 134 Å². The Morgan fingerprint density at radius 2 is 1.96 bits per heavy atom. The number of aryl methyl sites for hydroxylation is 1. The number of fused-ring (bicyclic) bond motifs is 1. The highest BCUT2D eigenvalue weighted by molar-refractivity contribution is 6.06. The van der Waals surface area contributed by atoms with Gasteiger partial charge in [0.15, 0.2) is 11.5 Å². The molecule has 2 rings (SSSR count). The van der Waals surface area contributed by atoms with Gasteiger partial charge >= 0.3 is 5.97 Å². The predicted molar refractivity (Wildman–Crippen MR) is 88.5 cm³/mol. The van der Waals surface area contributed by atoms with Crippen molar-refractivity contribution in [2.45, 2.75) is 33.6 Å². The number of hydrogen-bond donors (Lipinski definition) is 3. The van der Waals surface area contributed by atoms with E-state index in [0.29, 0.717) is 35.1 Å². The molecule has 1 aromatic carbocycles. The Bertz CT molecular complexity index is 784. The minimum absolute atomic E-state index is 0.0965. The number of benzene rings is 1. The fraction of sp³-hybridized carbons (Fsp3) is 0.353. The number of carbonyl (C=O) groups is 2. The standard InChI is InChI=1S/C17H20N2O4/c1-4-6-10-15-12(7-11(9(3)20)16(10)21)13(18-5-2)8-14(19-15)17(22)23/h7-8,21H,4-6H2,1-3H3,(H,18,19)(H,22,23). The maximum absolute atomic E-state index is 11.8. The number of nitrogens with one attached hydrogen (secondary N) is 1. The number of aromatic nitrogens is 1. The van der Waals surface area contributed by atoms with E-state index in [1.165, 1.54) is 13.0 Å². The van der Waals surface area contributed by atoms with E-state index in [4.69, 9.17) is 0 Å². The first-order chi connectivity index (χ1) is 10.9. The van der Waals surface area contributed by atoms with Gasteiger partial charge in [-0.05, 0) is 32.4 Å². The number of ketones is 1. The van der Waals surface area contributed by atoms with Crippen LogP contribution in [0.2, 0.25) is 0 Å². The molecule has 6 nitrogen and oxygen atoms in total. The van der Waals surface area contributed by atoms with E-state index in [0.717, 1.165) is 6.42 Å². The van der Waals surface area contributed by atoms with Gasteiger partial charge in [0, 0.05) is 23.2 Å². The zero-order valence-electron chi connectivity index (χ0n) is 13.4. The van der Waals surface area contributed by atoms with Crippen LogP contribution in [0.3, 0.4) is 0 Å². The largest absolute Gasteiger partial charge is 0.507 e. The number of anilines is 1. The van der Waals surface area contributed by atoms with E-state index in [-0.39, 0.29) is 22.8 Å². The zero-order valence-corrected chi connectivity index (χ0v) is 13.4. The van der Waals surface area contributed by atoms with Crippen LogP contribution in [0.5, 0.6) is 5.75 Å². The number of carboxylic acid groups (broad SMARTS) is 1. The highest BCUT2D eigenvalue weighted by Gasteiger charge is 2.20. The van der Waals surface area contributed by atoms with Crippen molar-refractivity contribution in [3.63, 3.8) is 0 Å². The molecule has 0 spiro atoms. The Kier molecular flexibility index (Phi) is 4.83. The summed E-state index contributed by atoms with van der Waals surface area (Å²) in [5, 5.41) is 23.4. The number of rotatable bonds is 6. The lowest BCUT2D eigenvalue weighted by Gasteiger charge is -2.15. The predicted octanol–water partition coefficient (Wildman–Crippen LogP) is 3.23. The molecule has 0 radical (unpaired) electrons. The third-order valence-electron chi connectivity index (χ3n) is 3.64. The highest BCUT2D eigenvalue weighted by atomic mass is 16.4. The molecule has 6 heteroatoms. The van der Waals surface area contributed by atoms with Gasteiger partial charge in [0.2, 0.25) is 0 Å². The summed E-state index contributed by atoms with van der Waals surface area (Å²) in [5.41, 5.74) is 1.66. The van der Waals surface area contributed by atoms with Crippen molar-refractivity contribution in [3.05, 3.63) is 29.0 Å². The van der Waals surface area contributed by atoms with Crippen molar-refractivity contribution in [2.24, 2.45) is 0 Å². The Morgan fingerprint density at radius 3 is 2.48 bits per heavy atom. The Balaban J connectivity index is 2.93. The Morgan fingerprint density at radius 1 is 1.26 bits per heavy atom. The summed E-state index contributed by atoms with van der Waals surface area (Å²) in [6, 6.07) is 3.02. The van der Waals surface area contributed by atoms with E-state index in [9.17, 15) is 19.8 Å². The van der Waals surface area contributed by atoms with Gasteiger partial charge in [-0.15, -0.1) is 0 Å². The maximum Gasteiger partial charge on any atom is 0.354 e. The van der Waals surface area contributed by atoms with Gasteiger partial charge in [0.05, 0.1) is 11.1 Å². The molecule has 2 aromatic rings. The van der Waals surface area contributed by atoms with Crippen LogP contribution in [-0.4, -0.2) is 33.5 Å². The minimum Gasteiger partial charge on any atom is -0.507 e. The number of Topliss-reactive ketones (excluding diaryl/α,β-unsaturated/α-hetero) is 1. The van der Waals surface area contributed by atoms with Crippen molar-refractivity contribution < 1.29 is 19.8 Å². The van der Waals surface area contributed by atoms with Crippen LogP contribution in [0.15, 0.2) is 12.1 Å². The minimum atomic E-state index is -1.14. The fourth-order valence-corrected chi connectivity index (χ4v) is 2.62. The summed E-state index contributed by atoms with van der Waals surface area (Å²) >= 11 is 0. The lowest BCUT2D eigenvalue weighted by Crippen LogP contribution is -2.07. The van der Waals surface area contributed by atoms with Gasteiger partial charge < -0.3 is 15.5 Å². The number of phenolic OH excluding ortho intramolecular Hbond substituents is 1. The molecule has 0 unspecified atom stereocenters. The van der Waals surface area contributed by atoms with E-state index < -0.39 is 5.97 Å². The van der Waals surface area contributed by atoms with Crippen LogP contribution in [0, 0.1) is 0 Å². The number of aromatic hydroxyl groups is 1. The normalized spacial score (nSPS) is 10.7. The number of pyridine rings is 1. The lowest BCUT2D eigenvalue weighted by atomic mass is 9.97. The summed E-state index contributed by atoms with van der Waals surface area (Å²) in [7, 11) is 0. The SMILES string of the molecule is CCCc1c(O)c(C(C)=O)cc2c(NCC)cc(C(=O)O)nc12. The topological polar surface area (TPSA) is 99.5 Å². The van der Waals surface area contributed by atoms with Crippen LogP contribution in [-0.2, 0) is 6.42 Å². The van der Waals surface area contributed by atoms with Gasteiger partial charge in [-0.25, -0.2) is 9.78 Å². The Hall–Kier alpha value is -2.63. The summed E-state index contributed by atoms with van der Waals surface area (Å²) in [6.45, 7) is 5.82. The lowest BCUT2D eigenvalue weighted by molar-refractivity contribution is 0.0690. The van der Waals surface area contributed by atoms with Gasteiger partial charge in [-0.2, -0.15) is 0 Å². The number of aromatic carboxylic acids is 1. The molecule has 0 aliphatic heterocycles. The number of hydrogen-bond acceptors (Lipinski definition) is 5. The monoisotopic (exact) mass is 316 g/mol. The van der Waals surface area contributed by atoms with Gasteiger partial charge in [-0.3, -0.25) is 4.79 Å². The van der Waals surface area contributed by atoms with Crippen molar-refractivity contribution in [1.29, 1.82) is 0 Å². The summed E-state index contributed by atoms with van der Waals surface area (Å²) < 4.78 is 0. The molecule has 1 heterocycles. The average Bonchev–Trinajstić information content (AvgIpc) is 2.49. The van der Waals surface area contributed by atoms with Crippen LogP contribution in [0.25, 0.3) is 10.9 Å². The highest BCUT2D eigenvalue weighted by Crippen LogP contribution is 2.35. The smallest absolute Gasteiger partial charge is 0.354 e. The molecule has 23 heavy (non-hydrogen) atoms. The summed E-state index contributed by atoms with van der Waals surface area (Å²) in [5.74, 6) is -1.49. The molecular formula is C17H20N2O4. The molecule has 0 saturated carbocycles. The molecule has 1 aromatic heterocycles. The quantitative estimate of drug-likeness (QED) is 0.708. The number of nitrogens with zero attached hydrogens (tertiary/aromatic N) is 1. The van der Waals surface area contributed by atoms with E-state index >= 15 is 0 Å². The van der Waals surface area contributed by atoms with Crippen molar-refractivity contribution in [1.82, 2.24) is 4.98 Å². The molecule has 0 fully saturated rings. The van der Waals surface area contributed by atoms with Crippen molar-refractivity contribution in [3.8, 4) is 5.75 Å². The molecule has 0 bridgehead atoms. The summed E-state index contributed by atoms with van der Waals surface area (Å²) in [6.07, 6.45) is 1.24. The number of carboxylic acids is 1. The average molecular weight is 316 g/mol. The van der Waals surface area contributed by atoms with Gasteiger partial charge in [0.25, 0.3) is 0 Å². The molecule has 0 aliphatic rings. The maximum atomic E-state index is 11.8. The first-order valence-corrected chi connectivity index (χ1v) is 7.58. The second kappa shape index (κ2) is 6.64. The fourth-order valence-electron chi connectivity index (χ4n) is 2.62. The van der Waals surface area contributed by atoms with Gasteiger partial charge in [-0.1, -0.05) is 13.3 Å². The first kappa shape index (κ1) is 16.7. The second-order valence-electron chi connectivity index (χ2n) is 5.34. The molecule has 3 N–H and O–H groups in total. The van der Waals surface area contributed by atoms with E-state index in [1.54, 1.807) is 6.07 Å². The van der Waals surface area contributed by atoms with Gasteiger partial charge in [0.1, 0.15) is 5.75 Å². The second-order valence-corrected chi connectivity index (χ2v) is 5.34. The number of phenols is 1. The van der Waals surface area contributed by atoms with Crippen LogP contribution >= 0.6 is 0 Å². The first-order valence-electron chi connectivity index (χ1n) is 7.58. The molecule has 0 amide bonds. The molecule has 0 atom stereocenters. The van der Waals surface area contributed by atoms with Crippen molar-refractivity contribution in [2.75, 3.05) is 11.9 Å². The van der Waals surface area contributed by atoms with Crippen LogP contribution in [0.4, 0.5) is 5.69 Å².